The molecule has 0 atom stereocenters. The summed E-state index contributed by atoms with van der Waals surface area (Å²) in [5, 5.41) is 16.5. The molecule has 1 aliphatic rings. The van der Waals surface area contributed by atoms with E-state index in [1.165, 1.54) is 6.07 Å². The summed E-state index contributed by atoms with van der Waals surface area (Å²) in [5.41, 5.74) is -0.294. The number of hydrogen-bond acceptors (Lipinski definition) is 6. The number of ether oxygens (including phenoxy) is 1. The van der Waals surface area contributed by atoms with E-state index in [-0.39, 0.29) is 33.8 Å². The second-order valence-electron chi connectivity index (χ2n) is 6.34. The van der Waals surface area contributed by atoms with Gasteiger partial charge in [-0.25, -0.2) is 4.79 Å². The number of nitrogens with one attached hydrogen (secondary N) is 2. The number of para-hydroxylation sites is 1. The first-order valence-corrected chi connectivity index (χ1v) is 9.03. The number of anilines is 1. The Balaban J connectivity index is 1.63. The Morgan fingerprint density at radius 1 is 1.14 bits per heavy atom. The van der Waals surface area contributed by atoms with Crippen LogP contribution in [0.4, 0.5) is 11.4 Å². The fourth-order valence-corrected chi connectivity index (χ4v) is 2.67. The number of amides is 2. The molecule has 0 unspecified atom stereocenters. The minimum absolute atomic E-state index is 0.0899. The van der Waals surface area contributed by atoms with Crippen LogP contribution < -0.4 is 10.6 Å². The number of carbonyl (C=O) groups is 3. The van der Waals surface area contributed by atoms with E-state index in [1.807, 2.05) is 0 Å². The topological polar surface area (TPSA) is 128 Å². The first-order chi connectivity index (χ1) is 13.8. The third-order valence-corrected chi connectivity index (χ3v) is 4.30. The summed E-state index contributed by atoms with van der Waals surface area (Å²) >= 11 is 5.71. The number of benzene rings is 2. The van der Waals surface area contributed by atoms with E-state index in [2.05, 4.69) is 10.6 Å². The van der Waals surface area contributed by atoms with Gasteiger partial charge in [-0.3, -0.25) is 19.7 Å². The maximum Gasteiger partial charge on any atom is 0.345 e. The van der Waals surface area contributed by atoms with Crippen LogP contribution in [0.25, 0.3) is 0 Å². The van der Waals surface area contributed by atoms with Gasteiger partial charge in [-0.2, -0.15) is 0 Å². The highest BCUT2D eigenvalue weighted by atomic mass is 35.5. The summed E-state index contributed by atoms with van der Waals surface area (Å²) in [6.45, 7) is -0.683. The first-order valence-electron chi connectivity index (χ1n) is 8.66. The number of carbonyl (C=O) groups excluding carboxylic acids is 3. The molecule has 29 heavy (non-hydrogen) atoms. The quantitative estimate of drug-likeness (QED) is 0.405. The Kier molecular flexibility index (Phi) is 6.08. The highest BCUT2D eigenvalue weighted by Gasteiger charge is 2.25. The van der Waals surface area contributed by atoms with Crippen LogP contribution in [0.3, 0.4) is 0 Å². The zero-order valence-corrected chi connectivity index (χ0v) is 15.8. The Bertz CT molecular complexity index is 990. The lowest BCUT2D eigenvalue weighted by atomic mass is 10.1. The van der Waals surface area contributed by atoms with Crippen molar-refractivity contribution in [1.29, 1.82) is 0 Å². The molecule has 0 radical (unpaired) electrons. The molecule has 10 heteroatoms. The molecule has 9 nitrogen and oxygen atoms in total. The van der Waals surface area contributed by atoms with Crippen molar-refractivity contribution in [1.82, 2.24) is 5.32 Å². The van der Waals surface area contributed by atoms with E-state index < -0.39 is 29.1 Å². The van der Waals surface area contributed by atoms with E-state index in [4.69, 9.17) is 16.3 Å². The van der Waals surface area contributed by atoms with Crippen molar-refractivity contribution in [2.24, 2.45) is 0 Å². The molecule has 1 aliphatic carbocycles. The lowest BCUT2D eigenvalue weighted by Gasteiger charge is -2.11. The molecule has 1 fully saturated rings. The predicted molar refractivity (Wildman–Crippen MR) is 104 cm³/mol. The van der Waals surface area contributed by atoms with Crippen LogP contribution in [-0.2, 0) is 9.53 Å². The highest BCUT2D eigenvalue weighted by molar-refractivity contribution is 6.31. The molecule has 0 aromatic heterocycles. The Morgan fingerprint density at radius 2 is 1.86 bits per heavy atom. The van der Waals surface area contributed by atoms with E-state index in [1.54, 1.807) is 24.3 Å². The average molecular weight is 418 g/mol. The maximum absolute atomic E-state index is 12.3. The molecule has 150 valence electrons. The second-order valence-corrected chi connectivity index (χ2v) is 6.77. The summed E-state index contributed by atoms with van der Waals surface area (Å²) < 4.78 is 4.87. The molecule has 0 aliphatic heterocycles. The van der Waals surface area contributed by atoms with Crippen LogP contribution in [0.2, 0.25) is 5.02 Å². The number of hydrogen-bond donors (Lipinski definition) is 2. The number of nitro benzene ring substituents is 1. The summed E-state index contributed by atoms with van der Waals surface area (Å²) in [7, 11) is 0. The van der Waals surface area contributed by atoms with Crippen LogP contribution in [0.15, 0.2) is 42.5 Å². The van der Waals surface area contributed by atoms with Gasteiger partial charge in [0.15, 0.2) is 6.61 Å². The number of nitro groups is 1. The Hall–Kier alpha value is -3.46. The minimum atomic E-state index is -1.04. The standard InChI is InChI=1S/C19H16ClN3O6/c20-11-5-8-14(16(9-11)23(27)28)19(26)29-10-17(24)22-15-4-2-1-3-13(15)18(25)21-12-6-7-12/h1-5,8-9,12H,6-7,10H2,(H,21,25)(H,22,24). The Labute approximate surface area is 170 Å². The normalized spacial score (nSPS) is 12.7. The number of esters is 1. The SMILES string of the molecule is O=C(COC(=O)c1ccc(Cl)cc1[N+](=O)[O-])Nc1ccccc1C(=O)NC1CC1. The van der Waals surface area contributed by atoms with E-state index in [9.17, 15) is 24.5 Å². The molecule has 0 bridgehead atoms. The van der Waals surface area contributed by atoms with Crippen molar-refractivity contribution in [3.63, 3.8) is 0 Å². The smallest absolute Gasteiger partial charge is 0.345 e. The molecule has 0 spiro atoms. The monoisotopic (exact) mass is 417 g/mol. The fourth-order valence-electron chi connectivity index (χ4n) is 2.50. The van der Waals surface area contributed by atoms with Gasteiger partial charge in [0.1, 0.15) is 5.56 Å². The second kappa shape index (κ2) is 8.70. The molecule has 3 rings (SSSR count). The Morgan fingerprint density at radius 3 is 2.55 bits per heavy atom. The largest absolute Gasteiger partial charge is 0.452 e. The number of halogens is 1. The highest BCUT2D eigenvalue weighted by Crippen LogP contribution is 2.24. The van der Waals surface area contributed by atoms with Gasteiger partial charge in [-0.15, -0.1) is 0 Å². The number of nitrogens with zero attached hydrogens (tertiary/aromatic N) is 1. The van der Waals surface area contributed by atoms with Gasteiger partial charge in [-0.05, 0) is 37.1 Å². The molecule has 2 aromatic rings. The summed E-state index contributed by atoms with van der Waals surface area (Å²) in [4.78, 5) is 46.8. The zero-order valence-electron chi connectivity index (χ0n) is 15.0. The molecule has 0 heterocycles. The summed E-state index contributed by atoms with van der Waals surface area (Å²) in [6, 6.07) is 10.1. The number of rotatable bonds is 7. The molecule has 2 amide bonds. The summed E-state index contributed by atoms with van der Waals surface area (Å²) in [5.74, 6) is -2.04. The van der Waals surface area contributed by atoms with Crippen molar-refractivity contribution >= 4 is 40.8 Å². The van der Waals surface area contributed by atoms with Gasteiger partial charge < -0.3 is 15.4 Å². The zero-order chi connectivity index (χ0) is 21.0. The molecule has 0 saturated heterocycles. The lowest BCUT2D eigenvalue weighted by molar-refractivity contribution is -0.385. The predicted octanol–water partition coefficient (Wildman–Crippen LogP) is 2.94. The van der Waals surface area contributed by atoms with Crippen LogP contribution >= 0.6 is 11.6 Å². The van der Waals surface area contributed by atoms with Gasteiger partial charge in [0.2, 0.25) is 0 Å². The van der Waals surface area contributed by atoms with Crippen LogP contribution in [0.1, 0.15) is 33.6 Å². The van der Waals surface area contributed by atoms with E-state index >= 15 is 0 Å². The van der Waals surface area contributed by atoms with Crippen molar-refractivity contribution in [2.75, 3.05) is 11.9 Å². The average Bonchev–Trinajstić information content (AvgIpc) is 3.50. The summed E-state index contributed by atoms with van der Waals surface area (Å²) in [6.07, 6.45) is 1.85. The van der Waals surface area contributed by atoms with Crippen LogP contribution in [0.5, 0.6) is 0 Å². The van der Waals surface area contributed by atoms with Gasteiger partial charge in [0, 0.05) is 17.1 Å². The van der Waals surface area contributed by atoms with E-state index in [0.29, 0.717) is 0 Å². The van der Waals surface area contributed by atoms with E-state index in [0.717, 1.165) is 25.0 Å². The van der Waals surface area contributed by atoms with Crippen molar-refractivity contribution < 1.29 is 24.0 Å². The third-order valence-electron chi connectivity index (χ3n) is 4.07. The molecule has 2 N–H and O–H groups in total. The van der Waals surface area contributed by atoms with Crippen molar-refractivity contribution in [2.45, 2.75) is 18.9 Å². The molecular weight excluding hydrogens is 402 g/mol. The third kappa shape index (κ3) is 5.29. The lowest BCUT2D eigenvalue weighted by Crippen LogP contribution is -2.28. The maximum atomic E-state index is 12.3. The van der Waals surface area contributed by atoms with Crippen LogP contribution in [-0.4, -0.2) is 35.4 Å². The van der Waals surface area contributed by atoms with Crippen LogP contribution in [0, 0.1) is 10.1 Å². The van der Waals surface area contributed by atoms with Crippen molar-refractivity contribution in [3.8, 4) is 0 Å². The van der Waals surface area contributed by atoms with Gasteiger partial charge >= 0.3 is 5.97 Å². The minimum Gasteiger partial charge on any atom is -0.452 e. The molecule has 2 aromatic carbocycles. The van der Waals surface area contributed by atoms with Crippen molar-refractivity contribution in [3.05, 3.63) is 68.7 Å². The van der Waals surface area contributed by atoms with Gasteiger partial charge in [-0.1, -0.05) is 23.7 Å². The molecular formula is C19H16ClN3O6. The molecule has 1 saturated carbocycles. The van der Waals surface area contributed by atoms with Gasteiger partial charge in [0.05, 0.1) is 16.2 Å². The fraction of sp³-hybridized carbons (Fsp3) is 0.211. The first kappa shape index (κ1) is 20.3. The van der Waals surface area contributed by atoms with Gasteiger partial charge in [0.25, 0.3) is 17.5 Å².